The molecule has 0 bridgehead atoms. The zero-order valence-electron chi connectivity index (χ0n) is 17.7. The van der Waals surface area contributed by atoms with Crippen LogP contribution in [0.15, 0.2) is 24.3 Å². The summed E-state index contributed by atoms with van der Waals surface area (Å²) in [5, 5.41) is 5.97. The lowest BCUT2D eigenvalue weighted by molar-refractivity contribution is -0.125. The highest BCUT2D eigenvalue weighted by molar-refractivity contribution is 5.78. The van der Waals surface area contributed by atoms with E-state index in [1.807, 2.05) is 31.2 Å². The standard InChI is InChI=1S/C22H35N3O3/c1-5-12-23-20(26)15-25-13-10-17(11-14-25)24-21(27)16-28-19-9-7-6-8-18(19)22(2,3)4/h6-9,17H,5,10-16H2,1-4H3,(H,23,26)(H,24,27). The number of carbonyl (C=O) groups excluding carboxylic acids is 2. The first-order valence-corrected chi connectivity index (χ1v) is 10.3. The van der Waals surface area contributed by atoms with Gasteiger partial charge in [0.2, 0.25) is 5.91 Å². The first-order valence-electron chi connectivity index (χ1n) is 10.3. The molecule has 0 aromatic heterocycles. The fourth-order valence-electron chi connectivity index (χ4n) is 3.38. The van der Waals surface area contributed by atoms with Crippen molar-refractivity contribution in [2.24, 2.45) is 0 Å². The summed E-state index contributed by atoms with van der Waals surface area (Å²) in [4.78, 5) is 26.3. The number of ether oxygens (including phenoxy) is 1. The van der Waals surface area contributed by atoms with Crippen molar-refractivity contribution >= 4 is 11.8 Å². The van der Waals surface area contributed by atoms with E-state index in [9.17, 15) is 9.59 Å². The minimum atomic E-state index is -0.0946. The smallest absolute Gasteiger partial charge is 0.258 e. The summed E-state index contributed by atoms with van der Waals surface area (Å²) >= 11 is 0. The highest BCUT2D eigenvalue weighted by atomic mass is 16.5. The predicted molar refractivity (Wildman–Crippen MR) is 112 cm³/mol. The molecule has 0 atom stereocenters. The van der Waals surface area contributed by atoms with E-state index in [2.05, 4.69) is 36.3 Å². The fourth-order valence-corrected chi connectivity index (χ4v) is 3.38. The highest BCUT2D eigenvalue weighted by Crippen LogP contribution is 2.30. The van der Waals surface area contributed by atoms with Gasteiger partial charge in [-0.1, -0.05) is 45.9 Å². The summed E-state index contributed by atoms with van der Waals surface area (Å²) in [5.41, 5.74) is 1.06. The Morgan fingerprint density at radius 2 is 1.82 bits per heavy atom. The monoisotopic (exact) mass is 389 g/mol. The first kappa shape index (κ1) is 22.2. The molecule has 28 heavy (non-hydrogen) atoms. The van der Waals surface area contributed by atoms with Crippen LogP contribution in [-0.2, 0) is 15.0 Å². The highest BCUT2D eigenvalue weighted by Gasteiger charge is 2.23. The Morgan fingerprint density at radius 1 is 1.14 bits per heavy atom. The second-order valence-electron chi connectivity index (χ2n) is 8.50. The number of carbonyl (C=O) groups is 2. The van der Waals surface area contributed by atoms with Gasteiger partial charge in [-0.3, -0.25) is 14.5 Å². The van der Waals surface area contributed by atoms with E-state index in [0.717, 1.165) is 50.2 Å². The van der Waals surface area contributed by atoms with E-state index in [-0.39, 0.29) is 29.9 Å². The number of hydrogen-bond donors (Lipinski definition) is 2. The largest absolute Gasteiger partial charge is 0.483 e. The molecule has 0 radical (unpaired) electrons. The molecule has 1 fully saturated rings. The summed E-state index contributed by atoms with van der Waals surface area (Å²) < 4.78 is 5.80. The van der Waals surface area contributed by atoms with Crippen LogP contribution in [-0.4, -0.2) is 55.5 Å². The van der Waals surface area contributed by atoms with Crippen molar-refractivity contribution in [2.45, 2.75) is 58.4 Å². The van der Waals surface area contributed by atoms with Gasteiger partial charge < -0.3 is 15.4 Å². The first-order chi connectivity index (χ1) is 13.3. The minimum absolute atomic E-state index is 0.0206. The quantitative estimate of drug-likeness (QED) is 0.717. The Morgan fingerprint density at radius 3 is 2.46 bits per heavy atom. The molecule has 2 N–H and O–H groups in total. The summed E-state index contributed by atoms with van der Waals surface area (Å²) in [6, 6.07) is 8.01. The fraction of sp³-hybridized carbons (Fsp3) is 0.636. The Kier molecular flexibility index (Phi) is 8.30. The molecule has 0 aliphatic carbocycles. The van der Waals surface area contributed by atoms with Crippen molar-refractivity contribution in [3.05, 3.63) is 29.8 Å². The van der Waals surface area contributed by atoms with Crippen LogP contribution in [0.3, 0.4) is 0 Å². The molecule has 6 nitrogen and oxygen atoms in total. The minimum Gasteiger partial charge on any atom is -0.483 e. The lowest BCUT2D eigenvalue weighted by atomic mass is 9.86. The van der Waals surface area contributed by atoms with Crippen molar-refractivity contribution in [1.82, 2.24) is 15.5 Å². The van der Waals surface area contributed by atoms with E-state index in [1.165, 1.54) is 0 Å². The molecule has 6 heteroatoms. The molecule has 0 spiro atoms. The molecule has 0 unspecified atom stereocenters. The number of benzene rings is 1. The van der Waals surface area contributed by atoms with Gasteiger partial charge in [0.15, 0.2) is 6.61 Å². The van der Waals surface area contributed by atoms with Gasteiger partial charge in [0.25, 0.3) is 5.91 Å². The maximum atomic E-state index is 12.3. The maximum Gasteiger partial charge on any atom is 0.258 e. The zero-order chi connectivity index (χ0) is 20.6. The van der Waals surface area contributed by atoms with Gasteiger partial charge in [0.1, 0.15) is 5.75 Å². The summed E-state index contributed by atoms with van der Waals surface area (Å²) in [6.07, 6.45) is 2.65. The van der Waals surface area contributed by atoms with Gasteiger partial charge in [0, 0.05) is 25.7 Å². The molecule has 0 saturated carbocycles. The lowest BCUT2D eigenvalue weighted by Crippen LogP contribution is -2.48. The molecule has 1 aromatic carbocycles. The number of hydrogen-bond acceptors (Lipinski definition) is 4. The Bertz CT molecular complexity index is 647. The number of amides is 2. The van der Waals surface area contributed by atoms with E-state index in [0.29, 0.717) is 6.54 Å². The van der Waals surface area contributed by atoms with Crippen molar-refractivity contribution in [2.75, 3.05) is 32.8 Å². The van der Waals surface area contributed by atoms with Crippen LogP contribution in [0.1, 0.15) is 52.5 Å². The second kappa shape index (κ2) is 10.5. The topological polar surface area (TPSA) is 70.7 Å². The maximum absolute atomic E-state index is 12.3. The van der Waals surface area contributed by atoms with E-state index in [4.69, 9.17) is 4.74 Å². The van der Waals surface area contributed by atoms with Gasteiger partial charge in [-0.25, -0.2) is 0 Å². The van der Waals surface area contributed by atoms with Crippen LogP contribution in [0.25, 0.3) is 0 Å². The van der Waals surface area contributed by atoms with Gasteiger partial charge in [-0.15, -0.1) is 0 Å². The molecule has 1 aliphatic heterocycles. The van der Waals surface area contributed by atoms with Crippen LogP contribution in [0.5, 0.6) is 5.75 Å². The van der Waals surface area contributed by atoms with Gasteiger partial charge in [-0.2, -0.15) is 0 Å². The third kappa shape index (κ3) is 7.15. The molecule has 156 valence electrons. The zero-order valence-corrected chi connectivity index (χ0v) is 17.7. The molecule has 1 saturated heterocycles. The number of piperidine rings is 1. The lowest BCUT2D eigenvalue weighted by Gasteiger charge is -2.31. The van der Waals surface area contributed by atoms with Crippen LogP contribution in [0.2, 0.25) is 0 Å². The van der Waals surface area contributed by atoms with E-state index < -0.39 is 0 Å². The van der Waals surface area contributed by atoms with Gasteiger partial charge >= 0.3 is 0 Å². The van der Waals surface area contributed by atoms with Gasteiger partial charge in [-0.05, 0) is 36.3 Å². The molecule has 1 aliphatic rings. The van der Waals surface area contributed by atoms with Crippen LogP contribution < -0.4 is 15.4 Å². The number of para-hydroxylation sites is 1. The van der Waals surface area contributed by atoms with E-state index in [1.54, 1.807) is 0 Å². The number of rotatable bonds is 8. The molecular weight excluding hydrogens is 354 g/mol. The predicted octanol–water partition coefficient (Wildman–Crippen LogP) is 2.47. The Balaban J connectivity index is 1.73. The molecule has 2 amide bonds. The third-order valence-electron chi connectivity index (χ3n) is 4.95. The number of likely N-dealkylation sites (tertiary alicyclic amines) is 1. The van der Waals surface area contributed by atoms with Crippen molar-refractivity contribution in [3.8, 4) is 5.75 Å². The number of nitrogens with one attached hydrogen (secondary N) is 2. The van der Waals surface area contributed by atoms with Crippen molar-refractivity contribution in [1.29, 1.82) is 0 Å². The Hall–Kier alpha value is -2.08. The van der Waals surface area contributed by atoms with Crippen LogP contribution in [0, 0.1) is 0 Å². The molecule has 1 aromatic rings. The SMILES string of the molecule is CCCNC(=O)CN1CCC(NC(=O)COc2ccccc2C(C)(C)C)CC1. The summed E-state index contributed by atoms with van der Waals surface area (Å²) in [5.74, 6) is 0.746. The normalized spacial score (nSPS) is 15.9. The molecule has 1 heterocycles. The van der Waals surface area contributed by atoms with Crippen LogP contribution >= 0.6 is 0 Å². The average molecular weight is 390 g/mol. The number of nitrogens with zero attached hydrogens (tertiary/aromatic N) is 1. The molecule has 2 rings (SSSR count). The third-order valence-corrected chi connectivity index (χ3v) is 4.95. The average Bonchev–Trinajstić information content (AvgIpc) is 2.66. The summed E-state index contributed by atoms with van der Waals surface area (Å²) in [6.45, 7) is 11.3. The second-order valence-corrected chi connectivity index (χ2v) is 8.50. The van der Waals surface area contributed by atoms with Crippen molar-refractivity contribution in [3.63, 3.8) is 0 Å². The Labute approximate surface area is 169 Å². The van der Waals surface area contributed by atoms with Gasteiger partial charge in [0.05, 0.1) is 6.54 Å². The van der Waals surface area contributed by atoms with Crippen LogP contribution in [0.4, 0.5) is 0 Å². The van der Waals surface area contributed by atoms with E-state index >= 15 is 0 Å². The van der Waals surface area contributed by atoms with Crippen molar-refractivity contribution < 1.29 is 14.3 Å². The molecular formula is C22H35N3O3. The summed E-state index contributed by atoms with van der Waals surface area (Å²) in [7, 11) is 0.